The van der Waals surface area contributed by atoms with E-state index in [0.717, 1.165) is 26.2 Å². The van der Waals surface area contributed by atoms with E-state index in [2.05, 4.69) is 29.1 Å². The minimum absolute atomic E-state index is 0.0170. The van der Waals surface area contributed by atoms with E-state index in [4.69, 9.17) is 5.11 Å². The number of aromatic nitrogens is 3. The molecule has 1 aromatic rings. The highest BCUT2D eigenvalue weighted by atomic mass is 16.4. The normalized spacial score (nSPS) is 17.4. The number of likely N-dealkylation sites (tertiary alicyclic amines) is 1. The lowest BCUT2D eigenvalue weighted by Crippen LogP contribution is -2.49. The molecular weight excluding hydrogens is 220 g/mol. The Balaban J connectivity index is 1.77. The van der Waals surface area contributed by atoms with Gasteiger partial charge in [-0.15, -0.1) is 5.10 Å². The second-order valence-corrected chi connectivity index (χ2v) is 5.11. The first-order chi connectivity index (χ1) is 8.04. The molecule has 1 aliphatic heterocycles. The highest BCUT2D eigenvalue weighted by Crippen LogP contribution is 2.18. The molecule has 17 heavy (non-hydrogen) atoms. The van der Waals surface area contributed by atoms with Crippen LogP contribution in [-0.2, 0) is 6.54 Å². The number of aromatic carboxylic acids is 1. The SMILES string of the molecule is CC(C)CN1CC(Cn2cc(C(=O)O)nn2)C1. The molecule has 0 atom stereocenters. The average Bonchev–Trinajstić information content (AvgIpc) is 2.62. The van der Waals surface area contributed by atoms with Crippen LogP contribution in [0.3, 0.4) is 0 Å². The molecule has 1 aliphatic rings. The molecule has 2 rings (SSSR count). The van der Waals surface area contributed by atoms with Crippen molar-refractivity contribution in [3.8, 4) is 0 Å². The van der Waals surface area contributed by atoms with Gasteiger partial charge in [-0.1, -0.05) is 19.1 Å². The summed E-state index contributed by atoms with van der Waals surface area (Å²) in [6.07, 6.45) is 1.49. The highest BCUT2D eigenvalue weighted by molar-refractivity contribution is 5.84. The second kappa shape index (κ2) is 4.83. The molecule has 1 saturated heterocycles. The molecule has 0 saturated carbocycles. The Labute approximate surface area is 100 Å². The monoisotopic (exact) mass is 238 g/mol. The van der Waals surface area contributed by atoms with Gasteiger partial charge < -0.3 is 10.0 Å². The first-order valence-electron chi connectivity index (χ1n) is 5.90. The van der Waals surface area contributed by atoms with Crippen molar-refractivity contribution in [2.75, 3.05) is 19.6 Å². The molecule has 1 aromatic heterocycles. The number of rotatable bonds is 5. The van der Waals surface area contributed by atoms with E-state index >= 15 is 0 Å². The molecule has 2 heterocycles. The summed E-state index contributed by atoms with van der Waals surface area (Å²) in [6.45, 7) is 8.46. The molecule has 1 fully saturated rings. The summed E-state index contributed by atoms with van der Waals surface area (Å²) in [5.74, 6) is 0.240. The molecule has 0 bridgehead atoms. The molecule has 0 unspecified atom stereocenters. The zero-order chi connectivity index (χ0) is 12.4. The molecule has 94 valence electrons. The molecule has 0 radical (unpaired) electrons. The van der Waals surface area contributed by atoms with Gasteiger partial charge in [0.25, 0.3) is 0 Å². The van der Waals surface area contributed by atoms with Crippen LogP contribution in [0.5, 0.6) is 0 Å². The number of carboxylic acid groups (broad SMARTS) is 1. The number of carbonyl (C=O) groups is 1. The van der Waals surface area contributed by atoms with Gasteiger partial charge in [-0.3, -0.25) is 4.68 Å². The van der Waals surface area contributed by atoms with Crippen molar-refractivity contribution < 1.29 is 9.90 Å². The molecule has 1 N–H and O–H groups in total. The Kier molecular flexibility index (Phi) is 3.42. The Hall–Kier alpha value is -1.43. The van der Waals surface area contributed by atoms with Gasteiger partial charge in [0, 0.05) is 32.1 Å². The number of hydrogen-bond acceptors (Lipinski definition) is 4. The number of hydrogen-bond donors (Lipinski definition) is 1. The summed E-state index contributed by atoms with van der Waals surface area (Å²) in [5.41, 5.74) is 0.0170. The Bertz CT molecular complexity index is 396. The van der Waals surface area contributed by atoms with E-state index in [1.54, 1.807) is 4.68 Å². The van der Waals surface area contributed by atoms with Crippen LogP contribution in [0.4, 0.5) is 0 Å². The predicted molar refractivity (Wildman–Crippen MR) is 61.7 cm³/mol. The zero-order valence-electron chi connectivity index (χ0n) is 10.2. The first-order valence-corrected chi connectivity index (χ1v) is 5.90. The van der Waals surface area contributed by atoms with Crippen molar-refractivity contribution >= 4 is 5.97 Å². The summed E-state index contributed by atoms with van der Waals surface area (Å²) >= 11 is 0. The molecule has 0 amide bonds. The van der Waals surface area contributed by atoms with Crippen molar-refractivity contribution in [1.29, 1.82) is 0 Å². The molecule has 0 aromatic carbocycles. The lowest BCUT2D eigenvalue weighted by Gasteiger charge is -2.40. The lowest BCUT2D eigenvalue weighted by atomic mass is 9.99. The van der Waals surface area contributed by atoms with Crippen molar-refractivity contribution in [3.63, 3.8) is 0 Å². The predicted octanol–water partition coefficient (Wildman–Crippen LogP) is 0.564. The quantitative estimate of drug-likeness (QED) is 0.811. The van der Waals surface area contributed by atoms with Crippen LogP contribution < -0.4 is 0 Å². The summed E-state index contributed by atoms with van der Waals surface area (Å²) < 4.78 is 1.63. The average molecular weight is 238 g/mol. The molecule has 0 aliphatic carbocycles. The Morgan fingerprint density at radius 1 is 1.59 bits per heavy atom. The van der Waals surface area contributed by atoms with Crippen LogP contribution in [0.25, 0.3) is 0 Å². The third kappa shape index (κ3) is 3.03. The number of carboxylic acids is 1. The summed E-state index contributed by atoms with van der Waals surface area (Å²) in [6, 6.07) is 0. The van der Waals surface area contributed by atoms with Gasteiger partial charge in [-0.05, 0) is 5.92 Å². The fourth-order valence-corrected chi connectivity index (χ4v) is 2.21. The van der Waals surface area contributed by atoms with Crippen molar-refractivity contribution in [2.24, 2.45) is 11.8 Å². The zero-order valence-corrected chi connectivity index (χ0v) is 10.2. The summed E-state index contributed by atoms with van der Waals surface area (Å²) in [5, 5.41) is 16.1. The van der Waals surface area contributed by atoms with E-state index in [-0.39, 0.29) is 5.69 Å². The Morgan fingerprint density at radius 2 is 2.29 bits per heavy atom. The Morgan fingerprint density at radius 3 is 2.82 bits per heavy atom. The fraction of sp³-hybridized carbons (Fsp3) is 0.727. The third-order valence-electron chi connectivity index (χ3n) is 2.86. The van der Waals surface area contributed by atoms with Crippen LogP contribution in [0.1, 0.15) is 24.3 Å². The number of nitrogens with zero attached hydrogens (tertiary/aromatic N) is 4. The van der Waals surface area contributed by atoms with Crippen LogP contribution >= 0.6 is 0 Å². The van der Waals surface area contributed by atoms with Gasteiger partial charge in [0.2, 0.25) is 0 Å². The maximum atomic E-state index is 10.6. The van der Waals surface area contributed by atoms with E-state index in [1.807, 2.05) is 0 Å². The van der Waals surface area contributed by atoms with Gasteiger partial charge >= 0.3 is 5.97 Å². The van der Waals surface area contributed by atoms with Gasteiger partial charge in [0.05, 0.1) is 6.20 Å². The van der Waals surface area contributed by atoms with E-state index in [0.29, 0.717) is 11.8 Å². The van der Waals surface area contributed by atoms with Crippen molar-refractivity contribution in [1.82, 2.24) is 19.9 Å². The summed E-state index contributed by atoms with van der Waals surface area (Å²) in [4.78, 5) is 13.0. The maximum absolute atomic E-state index is 10.6. The van der Waals surface area contributed by atoms with Crippen LogP contribution in [0.2, 0.25) is 0 Å². The standard InChI is InChI=1S/C11H18N4O2/c1-8(2)3-14-4-9(5-14)6-15-7-10(11(16)17)12-13-15/h7-9H,3-6H2,1-2H3,(H,16,17). The van der Waals surface area contributed by atoms with Gasteiger partial charge in [-0.25, -0.2) is 4.79 Å². The minimum Gasteiger partial charge on any atom is -0.476 e. The largest absolute Gasteiger partial charge is 0.476 e. The van der Waals surface area contributed by atoms with E-state index < -0.39 is 5.97 Å². The minimum atomic E-state index is -1.02. The highest BCUT2D eigenvalue weighted by Gasteiger charge is 2.27. The molecule has 6 nitrogen and oxygen atoms in total. The first kappa shape index (κ1) is 12.0. The second-order valence-electron chi connectivity index (χ2n) is 5.11. The summed E-state index contributed by atoms with van der Waals surface area (Å²) in [7, 11) is 0. The van der Waals surface area contributed by atoms with Gasteiger partial charge in [0.15, 0.2) is 5.69 Å². The van der Waals surface area contributed by atoms with Crippen LogP contribution in [0.15, 0.2) is 6.20 Å². The lowest BCUT2D eigenvalue weighted by molar-refractivity contribution is 0.0688. The molecule has 0 spiro atoms. The maximum Gasteiger partial charge on any atom is 0.358 e. The van der Waals surface area contributed by atoms with Gasteiger partial charge in [0.1, 0.15) is 0 Å². The molecule has 6 heteroatoms. The van der Waals surface area contributed by atoms with Crippen molar-refractivity contribution in [2.45, 2.75) is 20.4 Å². The molecular formula is C11H18N4O2. The third-order valence-corrected chi connectivity index (χ3v) is 2.86. The van der Waals surface area contributed by atoms with Gasteiger partial charge in [-0.2, -0.15) is 0 Å². The van der Waals surface area contributed by atoms with Crippen LogP contribution in [-0.4, -0.2) is 50.6 Å². The van der Waals surface area contributed by atoms with Crippen molar-refractivity contribution in [3.05, 3.63) is 11.9 Å². The smallest absolute Gasteiger partial charge is 0.358 e. The fourth-order valence-electron chi connectivity index (χ4n) is 2.21. The topological polar surface area (TPSA) is 71.2 Å². The van der Waals surface area contributed by atoms with E-state index in [1.165, 1.54) is 6.20 Å². The van der Waals surface area contributed by atoms with Crippen LogP contribution in [0, 0.1) is 11.8 Å². The van der Waals surface area contributed by atoms with E-state index in [9.17, 15) is 4.79 Å².